The lowest BCUT2D eigenvalue weighted by atomic mass is 10.3. The van der Waals surface area contributed by atoms with Crippen molar-refractivity contribution in [3.05, 3.63) is 29.8 Å². The Bertz CT molecular complexity index is 397. The third-order valence-corrected chi connectivity index (χ3v) is 3.42. The van der Waals surface area contributed by atoms with E-state index in [9.17, 15) is 13.4 Å². The number of carboxylic acid groups (broad SMARTS) is 1. The van der Waals surface area contributed by atoms with Crippen molar-refractivity contribution in [2.75, 3.05) is 0 Å². The minimum atomic E-state index is -1.56. The summed E-state index contributed by atoms with van der Waals surface area (Å²) < 4.78 is 24.1. The minimum absolute atomic E-state index is 0.00176. The molecule has 4 nitrogen and oxygen atoms in total. The van der Waals surface area contributed by atoms with Crippen molar-refractivity contribution >= 4 is 16.8 Å². The van der Waals surface area contributed by atoms with E-state index in [1.165, 1.54) is 19.2 Å². The molecule has 6 heteroatoms. The molecule has 0 radical (unpaired) electrons. The highest BCUT2D eigenvalue weighted by atomic mass is 32.2. The molecular weight excluding hydrogens is 221 g/mol. The molecule has 0 spiro atoms. The topological polar surface area (TPSA) is 67.3 Å². The number of aliphatic carboxylic acids is 1. The number of carbonyl (C=O) groups is 1. The van der Waals surface area contributed by atoms with Gasteiger partial charge in [-0.2, -0.15) is 0 Å². The second-order valence-electron chi connectivity index (χ2n) is 3.02. The summed E-state index contributed by atoms with van der Waals surface area (Å²) in [5.74, 6) is -1.65. The summed E-state index contributed by atoms with van der Waals surface area (Å²) in [7, 11) is -1.56. The summed E-state index contributed by atoms with van der Waals surface area (Å²) in [6, 6.07) is 1.19. The number of hydrogen-bond donors (Lipinski definition) is 1. The van der Waals surface area contributed by atoms with Crippen LogP contribution in [0.1, 0.15) is 12.5 Å². The summed E-state index contributed by atoms with van der Waals surface area (Å²) in [6.45, 7) is 1.35. The van der Waals surface area contributed by atoms with E-state index in [1.54, 1.807) is 0 Å². The number of nitrogens with zero attached hydrogens (tertiary/aromatic N) is 1. The van der Waals surface area contributed by atoms with E-state index >= 15 is 0 Å². The molecule has 1 heterocycles. The average molecular weight is 231 g/mol. The molecule has 0 aliphatic carbocycles. The van der Waals surface area contributed by atoms with E-state index in [-0.39, 0.29) is 5.75 Å². The van der Waals surface area contributed by atoms with Crippen LogP contribution in [0.3, 0.4) is 0 Å². The van der Waals surface area contributed by atoms with Crippen LogP contribution < -0.4 is 0 Å². The van der Waals surface area contributed by atoms with Crippen molar-refractivity contribution in [2.45, 2.75) is 17.9 Å². The molecule has 0 bridgehead atoms. The standard InChI is InChI=1S/C9H10FNO3S/c1-6(9(12)13)15(14)5-7-2-8(10)4-11-3-7/h2-4,6H,5H2,1H3,(H,12,13). The Labute approximate surface area is 88.6 Å². The zero-order chi connectivity index (χ0) is 11.4. The number of pyridine rings is 1. The van der Waals surface area contributed by atoms with Crippen LogP contribution in [0.2, 0.25) is 0 Å². The molecule has 2 unspecified atom stereocenters. The number of aromatic nitrogens is 1. The van der Waals surface area contributed by atoms with Crippen LogP contribution in [0, 0.1) is 5.82 Å². The third kappa shape index (κ3) is 3.39. The molecule has 1 N–H and O–H groups in total. The highest BCUT2D eigenvalue weighted by Crippen LogP contribution is 2.07. The van der Waals surface area contributed by atoms with Gasteiger partial charge >= 0.3 is 5.97 Å². The maximum atomic E-state index is 12.7. The first-order chi connectivity index (χ1) is 7.00. The van der Waals surface area contributed by atoms with Gasteiger partial charge in [-0.1, -0.05) is 0 Å². The van der Waals surface area contributed by atoms with Crippen LogP contribution in [-0.4, -0.2) is 25.5 Å². The van der Waals surface area contributed by atoms with Gasteiger partial charge in [0.05, 0.1) is 11.9 Å². The van der Waals surface area contributed by atoms with E-state index in [0.717, 1.165) is 6.20 Å². The Balaban J connectivity index is 2.70. The lowest BCUT2D eigenvalue weighted by Gasteiger charge is -2.05. The van der Waals surface area contributed by atoms with E-state index in [0.29, 0.717) is 5.56 Å². The van der Waals surface area contributed by atoms with Crippen LogP contribution in [0.4, 0.5) is 4.39 Å². The molecule has 82 valence electrons. The molecule has 1 aromatic rings. The fourth-order valence-corrected chi connectivity index (χ4v) is 1.90. The Morgan fingerprint density at radius 3 is 2.87 bits per heavy atom. The Morgan fingerprint density at radius 2 is 2.33 bits per heavy atom. The van der Waals surface area contributed by atoms with Gasteiger partial charge in [0.15, 0.2) is 0 Å². The zero-order valence-corrected chi connectivity index (χ0v) is 8.83. The predicted molar refractivity (Wildman–Crippen MR) is 53.1 cm³/mol. The van der Waals surface area contributed by atoms with Crippen molar-refractivity contribution in [2.24, 2.45) is 0 Å². The Morgan fingerprint density at radius 1 is 1.67 bits per heavy atom. The van der Waals surface area contributed by atoms with Crippen LogP contribution in [0.25, 0.3) is 0 Å². The van der Waals surface area contributed by atoms with E-state index in [4.69, 9.17) is 5.11 Å². The highest BCUT2D eigenvalue weighted by Gasteiger charge is 2.19. The van der Waals surface area contributed by atoms with Gasteiger partial charge in [-0.3, -0.25) is 14.0 Å². The quantitative estimate of drug-likeness (QED) is 0.837. The zero-order valence-electron chi connectivity index (χ0n) is 8.01. The predicted octanol–water partition coefficient (Wildman–Crippen LogP) is 0.942. The van der Waals surface area contributed by atoms with Crippen molar-refractivity contribution < 1.29 is 18.5 Å². The van der Waals surface area contributed by atoms with Crippen LogP contribution >= 0.6 is 0 Å². The molecule has 0 saturated heterocycles. The highest BCUT2D eigenvalue weighted by molar-refractivity contribution is 7.85. The van der Waals surface area contributed by atoms with Gasteiger partial charge in [-0.25, -0.2) is 4.39 Å². The Kier molecular flexibility index (Phi) is 3.90. The number of halogens is 1. The minimum Gasteiger partial charge on any atom is -0.480 e. The first-order valence-electron chi connectivity index (χ1n) is 4.20. The third-order valence-electron chi connectivity index (χ3n) is 1.81. The fourth-order valence-electron chi connectivity index (χ4n) is 0.937. The normalized spacial score (nSPS) is 14.5. The summed E-state index contributed by atoms with van der Waals surface area (Å²) in [5.41, 5.74) is 0.432. The molecule has 0 aliphatic heterocycles. The molecule has 0 saturated carbocycles. The average Bonchev–Trinajstić information content (AvgIpc) is 2.16. The molecule has 0 fully saturated rings. The lowest BCUT2D eigenvalue weighted by Crippen LogP contribution is -2.22. The molecule has 2 atom stereocenters. The Hall–Kier alpha value is -1.30. The van der Waals surface area contributed by atoms with Gasteiger partial charge in [-0.15, -0.1) is 0 Å². The number of rotatable bonds is 4. The smallest absolute Gasteiger partial charge is 0.318 e. The van der Waals surface area contributed by atoms with Crippen molar-refractivity contribution in [3.8, 4) is 0 Å². The van der Waals surface area contributed by atoms with Gasteiger partial charge < -0.3 is 5.11 Å². The van der Waals surface area contributed by atoms with E-state index in [2.05, 4.69) is 4.98 Å². The molecule has 15 heavy (non-hydrogen) atoms. The number of hydrogen-bond acceptors (Lipinski definition) is 3. The fraction of sp³-hybridized carbons (Fsp3) is 0.333. The lowest BCUT2D eigenvalue weighted by molar-refractivity contribution is -0.136. The first kappa shape index (κ1) is 11.8. The van der Waals surface area contributed by atoms with Crippen LogP contribution in [0.15, 0.2) is 18.5 Å². The number of carboxylic acids is 1. The molecule has 0 aliphatic rings. The SMILES string of the molecule is CC(C(=O)O)S(=O)Cc1cncc(F)c1. The van der Waals surface area contributed by atoms with Gasteiger partial charge in [-0.05, 0) is 18.6 Å². The van der Waals surface area contributed by atoms with E-state index in [1.807, 2.05) is 0 Å². The molecular formula is C9H10FNO3S. The molecule has 1 rings (SSSR count). The second-order valence-corrected chi connectivity index (χ2v) is 4.77. The summed E-state index contributed by atoms with van der Waals surface area (Å²) >= 11 is 0. The maximum absolute atomic E-state index is 12.7. The summed E-state index contributed by atoms with van der Waals surface area (Å²) in [4.78, 5) is 14.1. The first-order valence-corrected chi connectivity index (χ1v) is 5.58. The van der Waals surface area contributed by atoms with Crippen LogP contribution in [0.5, 0.6) is 0 Å². The second kappa shape index (κ2) is 4.97. The molecule has 0 aromatic carbocycles. The van der Waals surface area contributed by atoms with Gasteiger partial charge in [0, 0.05) is 17.0 Å². The molecule has 0 amide bonds. The van der Waals surface area contributed by atoms with Gasteiger partial charge in [0.2, 0.25) is 0 Å². The van der Waals surface area contributed by atoms with Crippen LogP contribution in [-0.2, 0) is 21.3 Å². The van der Waals surface area contributed by atoms with Crippen molar-refractivity contribution in [3.63, 3.8) is 0 Å². The monoisotopic (exact) mass is 231 g/mol. The van der Waals surface area contributed by atoms with E-state index < -0.39 is 27.8 Å². The summed E-state index contributed by atoms with van der Waals surface area (Å²) in [6.07, 6.45) is 2.41. The molecule has 1 aromatic heterocycles. The van der Waals surface area contributed by atoms with Crippen molar-refractivity contribution in [1.29, 1.82) is 0 Å². The van der Waals surface area contributed by atoms with Crippen molar-refractivity contribution in [1.82, 2.24) is 4.98 Å². The van der Waals surface area contributed by atoms with Gasteiger partial charge in [0.1, 0.15) is 11.1 Å². The maximum Gasteiger partial charge on any atom is 0.318 e. The van der Waals surface area contributed by atoms with Gasteiger partial charge in [0.25, 0.3) is 0 Å². The summed E-state index contributed by atoms with van der Waals surface area (Å²) in [5, 5.41) is 7.64. The largest absolute Gasteiger partial charge is 0.480 e.